The lowest BCUT2D eigenvalue weighted by Gasteiger charge is -2.07. The van der Waals surface area contributed by atoms with Crippen molar-refractivity contribution < 1.29 is 30.4 Å². The number of alkyl halides is 2. The number of hydrogen-bond acceptors (Lipinski definition) is 7. The molecule has 0 radical (unpaired) electrons. The minimum absolute atomic E-state index is 0.00349. The van der Waals surface area contributed by atoms with E-state index < -0.39 is 32.1 Å². The van der Waals surface area contributed by atoms with Crippen LogP contribution in [0.1, 0.15) is 6.42 Å². The summed E-state index contributed by atoms with van der Waals surface area (Å²) in [5.74, 6) is 0.510. The van der Waals surface area contributed by atoms with Gasteiger partial charge in [-0.2, -0.15) is 5.10 Å². The molecule has 144 valence electrons. The summed E-state index contributed by atoms with van der Waals surface area (Å²) in [6, 6.07) is 4.43. The molecule has 0 amide bonds. The molecule has 0 saturated heterocycles. The Hall–Kier alpha value is -2.27. The molecule has 1 atom stereocenters. The maximum atomic E-state index is 12.5. The van der Waals surface area contributed by atoms with E-state index in [0.29, 0.717) is 5.75 Å². The van der Waals surface area contributed by atoms with Crippen LogP contribution in [0, 0.1) is 0 Å². The molecule has 1 aromatic carbocycles. The number of ether oxygens (including phenoxy) is 1. The van der Waals surface area contributed by atoms with Crippen molar-refractivity contribution in [1.29, 1.82) is 0 Å². The Morgan fingerprint density at radius 2 is 1.73 bits per heavy atom. The number of hydrogen-bond donors (Lipinski definition) is 1. The summed E-state index contributed by atoms with van der Waals surface area (Å²) in [5, 5.41) is 4.92. The molecule has 1 aromatic rings. The van der Waals surface area contributed by atoms with E-state index in [1.807, 2.05) is 0 Å². The van der Waals surface area contributed by atoms with Crippen LogP contribution in [0.3, 0.4) is 0 Å². The third-order valence-corrected chi connectivity index (χ3v) is 5.90. The molecule has 0 fully saturated rings. The molecule has 26 heavy (non-hydrogen) atoms. The summed E-state index contributed by atoms with van der Waals surface area (Å²) in [6.45, 7) is 6.09. The first kappa shape index (κ1) is 21.8. The number of rotatable bonds is 5. The molecule has 0 aromatic heterocycles. The average Bonchev–Trinajstić information content (AvgIpc) is 3.13. The maximum absolute atomic E-state index is 12.5. The van der Waals surface area contributed by atoms with E-state index in [1.54, 1.807) is 0 Å². The quantitative estimate of drug-likeness (QED) is 0.801. The van der Waals surface area contributed by atoms with Gasteiger partial charge in [0.05, 0.1) is 12.0 Å². The molecule has 0 saturated carbocycles. The molecular weight excluding hydrogens is 390 g/mol. The highest BCUT2D eigenvalue weighted by molar-refractivity contribution is 8.06. The fourth-order valence-electron chi connectivity index (χ4n) is 1.71. The smallest absolute Gasteiger partial charge is 0.260 e. The first-order chi connectivity index (χ1) is 12.1. The Balaban J connectivity index is 0.000000412. The highest BCUT2D eigenvalue weighted by Gasteiger charge is 2.34. The van der Waals surface area contributed by atoms with Crippen LogP contribution < -0.4 is 10.2 Å². The average molecular weight is 408 g/mol. The van der Waals surface area contributed by atoms with Gasteiger partial charge in [-0.3, -0.25) is 5.43 Å². The standard InChI is InChI=1S/C11H12F2N2O3S.C4H6O2S/c1-18-7-2-4-8(5-3-7)19(16,17)10-6-9(11(12)13)14-15-10;1-3-7(5,6)4-2/h2-5,9,11,14H,6H2,1H3;3-4H,1-2H2. The van der Waals surface area contributed by atoms with Gasteiger partial charge in [0.1, 0.15) is 11.8 Å². The van der Waals surface area contributed by atoms with Crippen molar-refractivity contribution in [3.8, 4) is 5.75 Å². The molecule has 0 aliphatic carbocycles. The number of nitrogens with zero attached hydrogens (tertiary/aromatic N) is 1. The van der Waals surface area contributed by atoms with Gasteiger partial charge in [-0.05, 0) is 24.3 Å². The molecule has 1 aliphatic rings. The van der Waals surface area contributed by atoms with Gasteiger partial charge in [0.15, 0.2) is 14.9 Å². The lowest BCUT2D eigenvalue weighted by atomic mass is 10.2. The number of hydrazone groups is 1. The summed E-state index contributed by atoms with van der Waals surface area (Å²) in [4.78, 5) is 0.00349. The van der Waals surface area contributed by atoms with Gasteiger partial charge in [0.2, 0.25) is 9.84 Å². The Morgan fingerprint density at radius 3 is 2.08 bits per heavy atom. The fourth-order valence-corrected chi connectivity index (χ4v) is 3.18. The van der Waals surface area contributed by atoms with Gasteiger partial charge in [-0.15, -0.1) is 0 Å². The van der Waals surface area contributed by atoms with Gasteiger partial charge in [0, 0.05) is 17.2 Å². The normalized spacial score (nSPS) is 16.8. The molecule has 0 spiro atoms. The van der Waals surface area contributed by atoms with E-state index in [1.165, 1.54) is 31.4 Å². The number of benzene rings is 1. The van der Waals surface area contributed by atoms with Crippen molar-refractivity contribution in [2.45, 2.75) is 23.8 Å². The van der Waals surface area contributed by atoms with E-state index in [-0.39, 0.29) is 16.4 Å². The highest BCUT2D eigenvalue weighted by atomic mass is 32.2. The molecule has 1 heterocycles. The lowest BCUT2D eigenvalue weighted by molar-refractivity contribution is 0.106. The number of nitrogens with one attached hydrogen (secondary N) is 1. The van der Waals surface area contributed by atoms with Crippen molar-refractivity contribution in [3.05, 3.63) is 48.2 Å². The zero-order valence-electron chi connectivity index (χ0n) is 13.8. The molecule has 11 heteroatoms. The SMILES string of the molecule is C=CS(=O)(=O)C=C.COc1ccc(S(=O)(=O)C2=NNC(C(F)F)C2)cc1. The third-order valence-electron chi connectivity index (χ3n) is 3.20. The van der Waals surface area contributed by atoms with Gasteiger partial charge >= 0.3 is 0 Å². The first-order valence-corrected chi connectivity index (χ1v) is 10.2. The molecule has 1 N–H and O–H groups in total. The fraction of sp³-hybridized carbons (Fsp3) is 0.267. The van der Waals surface area contributed by atoms with Gasteiger partial charge in [-0.25, -0.2) is 25.6 Å². The highest BCUT2D eigenvalue weighted by Crippen LogP contribution is 2.22. The number of halogens is 2. The monoisotopic (exact) mass is 408 g/mol. The first-order valence-electron chi connectivity index (χ1n) is 7.06. The predicted molar refractivity (Wildman–Crippen MR) is 94.5 cm³/mol. The van der Waals surface area contributed by atoms with E-state index in [9.17, 15) is 25.6 Å². The Morgan fingerprint density at radius 1 is 1.19 bits per heavy atom. The molecule has 2 rings (SSSR count). The van der Waals surface area contributed by atoms with E-state index in [2.05, 4.69) is 23.7 Å². The Bertz CT molecular complexity index is 865. The summed E-state index contributed by atoms with van der Waals surface area (Å²) in [5.41, 5.74) is 2.14. The maximum Gasteiger partial charge on any atom is 0.260 e. The minimum Gasteiger partial charge on any atom is -0.497 e. The van der Waals surface area contributed by atoms with Crippen molar-refractivity contribution in [3.63, 3.8) is 0 Å². The predicted octanol–water partition coefficient (Wildman–Crippen LogP) is 2.10. The van der Waals surface area contributed by atoms with Crippen molar-refractivity contribution in [2.75, 3.05) is 7.11 Å². The number of methoxy groups -OCH3 is 1. The Labute approximate surface area is 150 Å². The van der Waals surface area contributed by atoms with E-state index >= 15 is 0 Å². The largest absolute Gasteiger partial charge is 0.497 e. The van der Waals surface area contributed by atoms with Crippen LogP contribution in [0.4, 0.5) is 8.78 Å². The van der Waals surface area contributed by atoms with Crippen molar-refractivity contribution in [1.82, 2.24) is 5.43 Å². The molecular formula is C15H18F2N2O5S2. The number of sulfone groups is 2. The van der Waals surface area contributed by atoms with Gasteiger partial charge in [0.25, 0.3) is 6.43 Å². The zero-order chi connectivity index (χ0) is 20.0. The summed E-state index contributed by atoms with van der Waals surface area (Å²) in [6.07, 6.45) is -2.97. The van der Waals surface area contributed by atoms with Crippen LogP contribution >= 0.6 is 0 Å². The molecule has 7 nitrogen and oxygen atoms in total. The summed E-state index contributed by atoms with van der Waals surface area (Å²) < 4.78 is 74.4. The van der Waals surface area contributed by atoms with Crippen molar-refractivity contribution in [2.24, 2.45) is 5.10 Å². The van der Waals surface area contributed by atoms with Crippen LogP contribution in [0.15, 0.2) is 58.2 Å². The van der Waals surface area contributed by atoms with Crippen LogP contribution in [0.25, 0.3) is 0 Å². The molecule has 1 unspecified atom stereocenters. The molecule has 0 bridgehead atoms. The van der Waals surface area contributed by atoms with Gasteiger partial charge < -0.3 is 4.74 Å². The van der Waals surface area contributed by atoms with E-state index in [0.717, 1.165) is 10.8 Å². The van der Waals surface area contributed by atoms with Crippen LogP contribution in [-0.4, -0.2) is 41.5 Å². The second-order valence-electron chi connectivity index (χ2n) is 4.88. The zero-order valence-corrected chi connectivity index (χ0v) is 15.4. The van der Waals surface area contributed by atoms with Crippen LogP contribution in [0.2, 0.25) is 0 Å². The lowest BCUT2D eigenvalue weighted by Crippen LogP contribution is -2.28. The molecule has 1 aliphatic heterocycles. The van der Waals surface area contributed by atoms with Crippen LogP contribution in [0.5, 0.6) is 5.75 Å². The summed E-state index contributed by atoms with van der Waals surface area (Å²) >= 11 is 0. The summed E-state index contributed by atoms with van der Waals surface area (Å²) in [7, 11) is -5.50. The van der Waals surface area contributed by atoms with Crippen molar-refractivity contribution >= 4 is 24.7 Å². The van der Waals surface area contributed by atoms with E-state index in [4.69, 9.17) is 4.74 Å². The topological polar surface area (TPSA) is 102 Å². The van der Waals surface area contributed by atoms with Gasteiger partial charge in [-0.1, -0.05) is 13.2 Å². The second kappa shape index (κ2) is 8.90. The third kappa shape index (κ3) is 5.63. The Kier molecular flexibility index (Phi) is 7.45. The second-order valence-corrected chi connectivity index (χ2v) is 8.68. The minimum atomic E-state index is -3.83. The van der Waals surface area contributed by atoms with Crippen LogP contribution in [-0.2, 0) is 19.7 Å².